The number of likely N-dealkylation sites (N-methyl/N-ethyl adjacent to an activating group) is 1. The lowest BCUT2D eigenvalue weighted by Gasteiger charge is -2.23. The molecule has 5 nitrogen and oxygen atoms in total. The number of carbonyl (C=O) groups is 1. The van der Waals surface area contributed by atoms with Crippen LogP contribution in [0, 0.1) is 0 Å². The second-order valence-electron chi connectivity index (χ2n) is 5.00. The van der Waals surface area contributed by atoms with Gasteiger partial charge in [-0.3, -0.25) is 0 Å². The fourth-order valence-corrected chi connectivity index (χ4v) is 1.34. The summed E-state index contributed by atoms with van der Waals surface area (Å²) in [7, 11) is 1.80. The van der Waals surface area contributed by atoms with Crippen LogP contribution < -0.4 is 5.32 Å². The summed E-state index contributed by atoms with van der Waals surface area (Å²) in [6.45, 7) is 8.31. The smallest absolute Gasteiger partial charge is 0.410 e. The van der Waals surface area contributed by atoms with Gasteiger partial charge in [0.05, 0.1) is 6.61 Å². The number of aliphatic hydroxyl groups is 1. The molecule has 0 saturated carbocycles. The van der Waals surface area contributed by atoms with E-state index in [2.05, 4.69) is 5.32 Å². The third-order valence-electron chi connectivity index (χ3n) is 2.12. The number of likely N-dealkylation sites (tertiary alicyclic amines) is 1. The van der Waals surface area contributed by atoms with Crippen molar-refractivity contribution in [1.82, 2.24) is 10.2 Å². The normalized spacial score (nSPS) is 15.2. The molecule has 1 aliphatic heterocycles. The minimum Gasteiger partial charge on any atom is -0.444 e. The predicted octanol–water partition coefficient (Wildman–Crippen LogP) is 1.22. The Hall–Kier alpha value is -0.810. The lowest BCUT2D eigenvalue weighted by molar-refractivity contribution is 0.0295. The SMILES string of the molecule is CC(C)(C)OC(=O)N1CCCC1.CNCCO. The zero-order valence-electron chi connectivity index (χ0n) is 11.5. The Kier molecular flexibility index (Phi) is 7.91. The van der Waals surface area contributed by atoms with Gasteiger partial charge in [0.25, 0.3) is 0 Å². The highest BCUT2D eigenvalue weighted by atomic mass is 16.6. The van der Waals surface area contributed by atoms with Gasteiger partial charge in [-0.05, 0) is 40.7 Å². The third-order valence-corrected chi connectivity index (χ3v) is 2.12. The van der Waals surface area contributed by atoms with Gasteiger partial charge in [-0.15, -0.1) is 0 Å². The zero-order valence-corrected chi connectivity index (χ0v) is 11.5. The van der Waals surface area contributed by atoms with E-state index in [1.54, 1.807) is 11.9 Å². The Morgan fingerprint density at radius 1 is 1.35 bits per heavy atom. The van der Waals surface area contributed by atoms with Crippen LogP contribution in [0.15, 0.2) is 0 Å². The van der Waals surface area contributed by atoms with Gasteiger partial charge in [0.2, 0.25) is 0 Å². The maximum Gasteiger partial charge on any atom is 0.410 e. The number of hydrogen-bond acceptors (Lipinski definition) is 4. The Labute approximate surface area is 104 Å². The van der Waals surface area contributed by atoms with Crippen molar-refractivity contribution in [1.29, 1.82) is 0 Å². The Morgan fingerprint density at radius 3 is 2.18 bits per heavy atom. The summed E-state index contributed by atoms with van der Waals surface area (Å²) in [5.74, 6) is 0. The molecule has 0 radical (unpaired) electrons. The van der Waals surface area contributed by atoms with Crippen molar-refractivity contribution in [3.8, 4) is 0 Å². The van der Waals surface area contributed by atoms with Gasteiger partial charge in [-0.1, -0.05) is 0 Å². The van der Waals surface area contributed by atoms with Crippen LogP contribution in [-0.4, -0.2) is 55.0 Å². The number of carbonyl (C=O) groups excluding carboxylic acids is 1. The molecule has 1 fully saturated rings. The van der Waals surface area contributed by atoms with Crippen LogP contribution >= 0.6 is 0 Å². The summed E-state index contributed by atoms with van der Waals surface area (Å²) >= 11 is 0. The van der Waals surface area contributed by atoms with Gasteiger partial charge in [-0.2, -0.15) is 0 Å². The molecule has 0 bridgehead atoms. The van der Waals surface area contributed by atoms with E-state index >= 15 is 0 Å². The van der Waals surface area contributed by atoms with E-state index in [0.717, 1.165) is 25.9 Å². The molecule has 1 saturated heterocycles. The number of nitrogens with one attached hydrogen (secondary N) is 1. The van der Waals surface area contributed by atoms with Crippen molar-refractivity contribution < 1.29 is 14.6 Å². The molecule has 1 amide bonds. The molecule has 0 aromatic heterocycles. The molecular weight excluding hydrogens is 220 g/mol. The maximum absolute atomic E-state index is 11.4. The number of nitrogens with zero attached hydrogens (tertiary/aromatic N) is 1. The summed E-state index contributed by atoms with van der Waals surface area (Å²) < 4.78 is 5.21. The molecule has 17 heavy (non-hydrogen) atoms. The Morgan fingerprint density at radius 2 is 1.88 bits per heavy atom. The monoisotopic (exact) mass is 246 g/mol. The van der Waals surface area contributed by atoms with Crippen LogP contribution in [0.4, 0.5) is 4.79 Å². The second-order valence-corrected chi connectivity index (χ2v) is 5.00. The average Bonchev–Trinajstić information content (AvgIpc) is 2.69. The minimum absolute atomic E-state index is 0.167. The van der Waals surface area contributed by atoms with E-state index < -0.39 is 0 Å². The van der Waals surface area contributed by atoms with Crippen molar-refractivity contribution in [2.24, 2.45) is 0 Å². The van der Waals surface area contributed by atoms with Crippen molar-refractivity contribution >= 4 is 6.09 Å². The van der Waals surface area contributed by atoms with Crippen molar-refractivity contribution in [3.63, 3.8) is 0 Å². The first kappa shape index (κ1) is 16.2. The van der Waals surface area contributed by atoms with Gasteiger partial charge in [0.15, 0.2) is 0 Å². The van der Waals surface area contributed by atoms with Crippen LogP contribution in [-0.2, 0) is 4.74 Å². The predicted molar refractivity (Wildman–Crippen MR) is 68.1 cm³/mol. The molecule has 0 unspecified atom stereocenters. The topological polar surface area (TPSA) is 61.8 Å². The molecule has 0 spiro atoms. The van der Waals surface area contributed by atoms with Gasteiger partial charge in [0, 0.05) is 19.6 Å². The van der Waals surface area contributed by atoms with Crippen LogP contribution in [0.1, 0.15) is 33.6 Å². The second kappa shape index (κ2) is 8.31. The molecule has 5 heteroatoms. The molecular formula is C12H26N2O3. The highest BCUT2D eigenvalue weighted by Crippen LogP contribution is 2.14. The Balaban J connectivity index is 0.000000437. The third kappa shape index (κ3) is 8.94. The summed E-state index contributed by atoms with van der Waals surface area (Å²) in [5.41, 5.74) is -0.361. The first-order valence-corrected chi connectivity index (χ1v) is 6.14. The van der Waals surface area contributed by atoms with Crippen molar-refractivity contribution in [3.05, 3.63) is 0 Å². The lowest BCUT2D eigenvalue weighted by Crippen LogP contribution is -2.34. The average molecular weight is 246 g/mol. The van der Waals surface area contributed by atoms with Crippen LogP contribution in [0.25, 0.3) is 0 Å². The molecule has 1 rings (SSSR count). The van der Waals surface area contributed by atoms with E-state index in [-0.39, 0.29) is 18.3 Å². The van der Waals surface area contributed by atoms with Gasteiger partial charge >= 0.3 is 6.09 Å². The lowest BCUT2D eigenvalue weighted by atomic mass is 10.2. The molecule has 102 valence electrons. The van der Waals surface area contributed by atoms with E-state index in [9.17, 15) is 4.79 Å². The minimum atomic E-state index is -0.361. The fraction of sp³-hybridized carbons (Fsp3) is 0.917. The summed E-state index contributed by atoms with van der Waals surface area (Å²) in [5, 5.41) is 10.8. The van der Waals surface area contributed by atoms with Crippen molar-refractivity contribution in [2.75, 3.05) is 33.3 Å². The summed E-state index contributed by atoms with van der Waals surface area (Å²) in [6.07, 6.45) is 2.05. The summed E-state index contributed by atoms with van der Waals surface area (Å²) in [4.78, 5) is 13.1. The van der Waals surface area contributed by atoms with E-state index in [1.165, 1.54) is 0 Å². The van der Waals surface area contributed by atoms with E-state index in [0.29, 0.717) is 6.54 Å². The highest BCUT2D eigenvalue weighted by Gasteiger charge is 2.23. The standard InChI is InChI=1S/C9H17NO2.C3H9NO/c1-9(2,3)12-8(11)10-6-4-5-7-10;1-4-2-3-5/h4-7H2,1-3H3;4-5H,2-3H2,1H3. The number of aliphatic hydroxyl groups excluding tert-OH is 1. The fourth-order valence-electron chi connectivity index (χ4n) is 1.34. The first-order chi connectivity index (χ1) is 7.90. The van der Waals surface area contributed by atoms with Crippen LogP contribution in [0.5, 0.6) is 0 Å². The van der Waals surface area contributed by atoms with Crippen molar-refractivity contribution in [2.45, 2.75) is 39.2 Å². The molecule has 1 aliphatic rings. The number of ether oxygens (including phenoxy) is 1. The Bertz CT molecular complexity index is 206. The first-order valence-electron chi connectivity index (χ1n) is 6.14. The summed E-state index contributed by atoms with van der Waals surface area (Å²) in [6, 6.07) is 0. The molecule has 0 aromatic carbocycles. The maximum atomic E-state index is 11.4. The quantitative estimate of drug-likeness (QED) is 0.769. The molecule has 0 atom stereocenters. The van der Waals surface area contributed by atoms with Crippen LogP contribution in [0.3, 0.4) is 0 Å². The zero-order chi connectivity index (χ0) is 13.3. The number of rotatable bonds is 2. The van der Waals surface area contributed by atoms with E-state index in [1.807, 2.05) is 20.8 Å². The van der Waals surface area contributed by atoms with Crippen LogP contribution in [0.2, 0.25) is 0 Å². The van der Waals surface area contributed by atoms with Gasteiger partial charge < -0.3 is 20.1 Å². The molecule has 2 N–H and O–H groups in total. The number of amides is 1. The molecule has 1 heterocycles. The van der Waals surface area contributed by atoms with Gasteiger partial charge in [-0.25, -0.2) is 4.79 Å². The highest BCUT2D eigenvalue weighted by molar-refractivity contribution is 5.68. The molecule has 0 aromatic rings. The largest absolute Gasteiger partial charge is 0.444 e. The number of hydrogen-bond donors (Lipinski definition) is 2. The van der Waals surface area contributed by atoms with Gasteiger partial charge in [0.1, 0.15) is 5.60 Å². The molecule has 0 aliphatic carbocycles. The van der Waals surface area contributed by atoms with E-state index in [4.69, 9.17) is 9.84 Å².